The molecular weight excluding hydrogens is 384 g/mol. The first kappa shape index (κ1) is 21.8. The number of nitrogens with one attached hydrogen (secondary N) is 2. The van der Waals surface area contributed by atoms with Crippen LogP contribution in [0.4, 0.5) is 0 Å². The van der Waals surface area contributed by atoms with Crippen molar-refractivity contribution in [2.24, 2.45) is 0 Å². The molecule has 1 aliphatic heterocycles. The van der Waals surface area contributed by atoms with Crippen molar-refractivity contribution >= 4 is 5.91 Å². The van der Waals surface area contributed by atoms with E-state index in [9.17, 15) is 4.79 Å². The maximum Gasteiger partial charge on any atom is 0.275 e. The summed E-state index contributed by atoms with van der Waals surface area (Å²) in [5.41, 5.74) is 1.12. The molecule has 1 aliphatic rings. The van der Waals surface area contributed by atoms with Gasteiger partial charge >= 0.3 is 0 Å². The molecule has 2 N–H and O–H groups in total. The Morgan fingerprint density at radius 2 is 1.80 bits per heavy atom. The van der Waals surface area contributed by atoms with E-state index in [-0.39, 0.29) is 11.9 Å². The minimum absolute atomic E-state index is 0.0213. The van der Waals surface area contributed by atoms with Gasteiger partial charge in [0.1, 0.15) is 24.1 Å². The summed E-state index contributed by atoms with van der Waals surface area (Å²) < 4.78 is 21.9. The van der Waals surface area contributed by atoms with E-state index in [1.165, 1.54) is 4.90 Å². The fourth-order valence-corrected chi connectivity index (χ4v) is 3.96. The van der Waals surface area contributed by atoms with Crippen molar-refractivity contribution < 1.29 is 28.6 Å². The summed E-state index contributed by atoms with van der Waals surface area (Å²) in [5.74, 6) is 2.95. The van der Waals surface area contributed by atoms with Crippen LogP contribution in [0.25, 0.3) is 0 Å². The number of quaternary nitrogens is 1. The highest BCUT2D eigenvalue weighted by Gasteiger charge is 2.33. The van der Waals surface area contributed by atoms with Crippen molar-refractivity contribution in [2.45, 2.75) is 18.9 Å². The third-order valence-electron chi connectivity index (χ3n) is 5.44. The molecule has 0 saturated carbocycles. The lowest BCUT2D eigenvalue weighted by Gasteiger charge is -2.23. The molecule has 0 aromatic heterocycles. The van der Waals surface area contributed by atoms with Gasteiger partial charge in [0.25, 0.3) is 5.91 Å². The summed E-state index contributed by atoms with van der Waals surface area (Å²) >= 11 is 0. The molecule has 0 bridgehead atoms. The first-order valence-electron chi connectivity index (χ1n) is 10.2. The molecule has 1 saturated heterocycles. The van der Waals surface area contributed by atoms with Crippen LogP contribution in [0.2, 0.25) is 0 Å². The Bertz CT molecular complexity index is 842. The highest BCUT2D eigenvalue weighted by atomic mass is 16.5. The molecular formula is C23H31N2O5+. The zero-order chi connectivity index (χ0) is 21.3. The highest BCUT2D eigenvalue weighted by molar-refractivity contribution is 5.76. The van der Waals surface area contributed by atoms with Crippen LogP contribution in [0.1, 0.15) is 24.4 Å². The van der Waals surface area contributed by atoms with E-state index in [4.69, 9.17) is 18.9 Å². The topological polar surface area (TPSA) is 70.5 Å². The molecule has 7 heteroatoms. The molecule has 30 heavy (non-hydrogen) atoms. The summed E-state index contributed by atoms with van der Waals surface area (Å²) in [6.07, 6.45) is 2.11. The van der Waals surface area contributed by atoms with E-state index >= 15 is 0 Å². The van der Waals surface area contributed by atoms with Gasteiger partial charge in [-0.2, -0.15) is 0 Å². The number of para-hydroxylation sites is 2. The van der Waals surface area contributed by atoms with Gasteiger partial charge in [-0.05, 0) is 24.3 Å². The van der Waals surface area contributed by atoms with E-state index in [0.29, 0.717) is 31.2 Å². The number of hydrogen-bond acceptors (Lipinski definition) is 5. The summed E-state index contributed by atoms with van der Waals surface area (Å²) in [4.78, 5) is 13.8. The number of carbonyl (C=O) groups is 1. The number of hydrogen-bond donors (Lipinski definition) is 2. The maximum atomic E-state index is 12.5. The van der Waals surface area contributed by atoms with Crippen molar-refractivity contribution in [2.75, 3.05) is 47.6 Å². The Hall–Kier alpha value is -2.93. The number of ether oxygens (including phenoxy) is 4. The number of benzene rings is 2. The first-order valence-corrected chi connectivity index (χ1v) is 10.2. The molecule has 1 amide bonds. The Balaban J connectivity index is 1.51. The SMILES string of the molecule is COc1ccc([C@@H]2CCC[NH+]2CC(=O)NCCOc2ccccc2OC)c(OC)c1. The zero-order valence-electron chi connectivity index (χ0n) is 17.9. The second kappa shape index (κ2) is 10.7. The standard InChI is InChI=1S/C23H30N2O5/c1-27-17-10-11-18(22(15-17)29-3)19-7-6-13-25(19)16-23(26)24-12-14-30-21-9-5-4-8-20(21)28-2/h4-5,8-11,15,19H,6-7,12-14,16H2,1-3H3,(H,24,26)/p+1/t19-/m0/s1. The molecule has 3 rings (SSSR count). The number of amides is 1. The first-order chi connectivity index (χ1) is 14.7. The molecule has 0 radical (unpaired) electrons. The van der Waals surface area contributed by atoms with Gasteiger partial charge in [0.2, 0.25) is 0 Å². The van der Waals surface area contributed by atoms with Gasteiger partial charge in [-0.15, -0.1) is 0 Å². The van der Waals surface area contributed by atoms with Gasteiger partial charge < -0.3 is 29.2 Å². The smallest absolute Gasteiger partial charge is 0.275 e. The summed E-state index contributed by atoms with van der Waals surface area (Å²) in [6, 6.07) is 13.6. The minimum Gasteiger partial charge on any atom is -0.497 e. The second-order valence-corrected chi connectivity index (χ2v) is 7.24. The molecule has 162 valence electrons. The predicted molar refractivity (Wildman–Crippen MR) is 114 cm³/mol. The molecule has 0 spiro atoms. The van der Waals surface area contributed by atoms with Crippen molar-refractivity contribution in [1.82, 2.24) is 5.32 Å². The quantitative estimate of drug-likeness (QED) is 0.577. The van der Waals surface area contributed by atoms with Crippen molar-refractivity contribution in [3.63, 3.8) is 0 Å². The van der Waals surface area contributed by atoms with Crippen LogP contribution in [0.15, 0.2) is 42.5 Å². The molecule has 7 nitrogen and oxygen atoms in total. The van der Waals surface area contributed by atoms with Crippen LogP contribution in [0, 0.1) is 0 Å². The van der Waals surface area contributed by atoms with E-state index in [1.807, 2.05) is 42.5 Å². The fourth-order valence-electron chi connectivity index (χ4n) is 3.96. The largest absolute Gasteiger partial charge is 0.497 e. The number of methoxy groups -OCH3 is 3. The monoisotopic (exact) mass is 415 g/mol. The van der Waals surface area contributed by atoms with Crippen LogP contribution in [0.3, 0.4) is 0 Å². The second-order valence-electron chi connectivity index (χ2n) is 7.24. The van der Waals surface area contributed by atoms with Crippen LogP contribution in [-0.4, -0.2) is 53.5 Å². The Morgan fingerprint density at radius 3 is 2.53 bits per heavy atom. The molecule has 1 fully saturated rings. The third kappa shape index (κ3) is 5.36. The van der Waals surface area contributed by atoms with Gasteiger partial charge in [0.15, 0.2) is 18.0 Å². The number of carbonyl (C=O) groups excluding carboxylic acids is 1. The van der Waals surface area contributed by atoms with E-state index in [0.717, 1.165) is 36.4 Å². The molecule has 1 heterocycles. The van der Waals surface area contributed by atoms with Gasteiger partial charge in [0.05, 0.1) is 40.0 Å². The van der Waals surface area contributed by atoms with E-state index in [1.54, 1.807) is 21.3 Å². The number of rotatable bonds is 10. The third-order valence-corrected chi connectivity index (χ3v) is 5.44. The summed E-state index contributed by atoms with van der Waals surface area (Å²) in [5, 5.41) is 2.96. The van der Waals surface area contributed by atoms with Crippen LogP contribution in [0.5, 0.6) is 23.0 Å². The van der Waals surface area contributed by atoms with Gasteiger partial charge in [0, 0.05) is 18.9 Å². The molecule has 2 aromatic carbocycles. The Kier molecular flexibility index (Phi) is 7.79. The molecule has 2 atom stereocenters. The van der Waals surface area contributed by atoms with Crippen LogP contribution < -0.4 is 29.2 Å². The van der Waals surface area contributed by atoms with E-state index in [2.05, 4.69) is 5.32 Å². The maximum absolute atomic E-state index is 12.5. The predicted octanol–water partition coefficient (Wildman–Crippen LogP) is 1.63. The minimum atomic E-state index is 0.0213. The van der Waals surface area contributed by atoms with Gasteiger partial charge in [-0.25, -0.2) is 0 Å². The molecule has 0 aliphatic carbocycles. The van der Waals surface area contributed by atoms with Gasteiger partial charge in [-0.3, -0.25) is 4.79 Å². The molecule has 1 unspecified atom stereocenters. The van der Waals surface area contributed by atoms with Crippen LogP contribution >= 0.6 is 0 Å². The van der Waals surface area contributed by atoms with Crippen LogP contribution in [-0.2, 0) is 4.79 Å². The zero-order valence-corrected chi connectivity index (χ0v) is 17.9. The van der Waals surface area contributed by atoms with Crippen molar-refractivity contribution in [3.8, 4) is 23.0 Å². The normalized spacial score (nSPS) is 18.0. The Labute approximate surface area is 177 Å². The van der Waals surface area contributed by atoms with Gasteiger partial charge in [-0.1, -0.05) is 12.1 Å². The Morgan fingerprint density at radius 1 is 1.03 bits per heavy atom. The van der Waals surface area contributed by atoms with E-state index < -0.39 is 0 Å². The average Bonchev–Trinajstić information content (AvgIpc) is 3.24. The lowest BCUT2D eigenvalue weighted by atomic mass is 10.0. The lowest BCUT2D eigenvalue weighted by molar-refractivity contribution is -0.910. The average molecular weight is 416 g/mol. The lowest BCUT2D eigenvalue weighted by Crippen LogP contribution is -3.11. The molecule has 2 aromatic rings. The highest BCUT2D eigenvalue weighted by Crippen LogP contribution is 2.31. The fraction of sp³-hybridized carbons (Fsp3) is 0.435. The summed E-state index contributed by atoms with van der Waals surface area (Å²) in [6.45, 7) is 2.22. The van der Waals surface area contributed by atoms with Crippen molar-refractivity contribution in [1.29, 1.82) is 0 Å². The van der Waals surface area contributed by atoms with Crippen molar-refractivity contribution in [3.05, 3.63) is 48.0 Å². The number of likely N-dealkylation sites (tertiary alicyclic amines) is 1. The summed E-state index contributed by atoms with van der Waals surface area (Å²) in [7, 11) is 4.92.